The van der Waals surface area contributed by atoms with Crippen molar-refractivity contribution in [2.45, 2.75) is 71.4 Å². The summed E-state index contributed by atoms with van der Waals surface area (Å²) in [5.41, 5.74) is 9.80. The number of nitrogen functional groups attached to an aromatic ring is 1. The smallest absolute Gasteiger partial charge is 0.407 e. The number of alkyl carbamates (subject to hydrolysis) is 1. The lowest BCUT2D eigenvalue weighted by Gasteiger charge is -2.29. The second-order valence-corrected chi connectivity index (χ2v) is 13.1. The first-order chi connectivity index (χ1) is 22.9. The van der Waals surface area contributed by atoms with Gasteiger partial charge in [-0.1, -0.05) is 24.3 Å². The Kier molecular flexibility index (Phi) is 10.6. The summed E-state index contributed by atoms with van der Waals surface area (Å²) in [4.78, 5) is 47.8. The zero-order valence-electron chi connectivity index (χ0n) is 27.6. The molecule has 1 aliphatic carbocycles. The molecular weight excluding hydrogens is 612 g/mol. The Morgan fingerprint density at radius 3 is 2.46 bits per heavy atom. The van der Waals surface area contributed by atoms with Crippen LogP contribution in [0.5, 0.6) is 0 Å². The molecule has 14 heteroatoms. The Balaban J connectivity index is 1.26. The van der Waals surface area contributed by atoms with E-state index in [1.807, 2.05) is 52.0 Å². The number of carbonyl (C=O) groups excluding carboxylic acids is 3. The van der Waals surface area contributed by atoms with Gasteiger partial charge in [-0.15, -0.1) is 10.2 Å². The van der Waals surface area contributed by atoms with E-state index in [1.54, 1.807) is 30.5 Å². The Labute approximate surface area is 279 Å². The number of nitrogens with two attached hydrogens (primary N) is 1. The Bertz CT molecular complexity index is 1710. The minimum atomic E-state index is -0.847. The molecule has 1 saturated carbocycles. The maximum absolute atomic E-state index is 13.7. The largest absolute Gasteiger partial charge is 0.444 e. The number of amides is 3. The number of carbonyl (C=O) groups is 3. The number of nitrogens with one attached hydrogen (secondary N) is 4. The molecule has 1 atom stereocenters. The molecule has 5 rings (SSSR count). The summed E-state index contributed by atoms with van der Waals surface area (Å²) < 4.78 is 5.34. The lowest BCUT2D eigenvalue weighted by atomic mass is 9.81. The van der Waals surface area contributed by atoms with Crippen molar-refractivity contribution in [1.29, 1.82) is 0 Å². The van der Waals surface area contributed by atoms with E-state index in [4.69, 9.17) is 10.5 Å². The first-order valence-corrected chi connectivity index (χ1v) is 16.0. The van der Waals surface area contributed by atoms with Crippen molar-refractivity contribution in [3.05, 3.63) is 66.0 Å². The van der Waals surface area contributed by atoms with Crippen LogP contribution in [-0.2, 0) is 20.7 Å². The van der Waals surface area contributed by atoms with Crippen LogP contribution in [0.1, 0.15) is 57.7 Å². The highest BCUT2D eigenvalue weighted by Crippen LogP contribution is 2.29. The highest BCUT2D eigenvalue weighted by molar-refractivity contribution is 5.97. The molecule has 2 aromatic carbocycles. The number of hydrogen-bond donors (Lipinski definition) is 5. The van der Waals surface area contributed by atoms with E-state index in [0.29, 0.717) is 30.9 Å². The molecule has 1 fully saturated rings. The normalized spacial score (nSPS) is 16.8. The van der Waals surface area contributed by atoms with Gasteiger partial charge in [-0.3, -0.25) is 9.59 Å². The molecule has 0 spiro atoms. The number of hydrogen-bond acceptors (Lipinski definition) is 10. The molecule has 6 N–H and O–H groups in total. The number of tetrazole rings is 1. The molecule has 2 aromatic heterocycles. The quantitative estimate of drug-likeness (QED) is 0.165. The highest BCUT2D eigenvalue weighted by atomic mass is 16.6. The minimum absolute atomic E-state index is 0.167. The number of aromatic amines is 1. The zero-order chi connectivity index (χ0) is 34.3. The van der Waals surface area contributed by atoms with Gasteiger partial charge in [0.15, 0.2) is 0 Å². The van der Waals surface area contributed by atoms with Crippen LogP contribution in [-0.4, -0.2) is 66.7 Å². The van der Waals surface area contributed by atoms with Crippen LogP contribution in [0.25, 0.3) is 22.5 Å². The third-order valence-corrected chi connectivity index (χ3v) is 8.22. The number of aryl methyl sites for hydroxylation is 1. The van der Waals surface area contributed by atoms with Gasteiger partial charge in [0.25, 0.3) is 0 Å². The molecule has 4 aromatic rings. The number of ether oxygens (including phenoxy) is 1. The molecule has 3 amide bonds. The van der Waals surface area contributed by atoms with Gasteiger partial charge in [0, 0.05) is 41.9 Å². The predicted molar refractivity (Wildman–Crippen MR) is 180 cm³/mol. The first-order valence-electron chi connectivity index (χ1n) is 16.0. The second kappa shape index (κ2) is 15.0. The van der Waals surface area contributed by atoms with E-state index in [2.05, 4.69) is 46.5 Å². The third kappa shape index (κ3) is 9.33. The summed E-state index contributed by atoms with van der Waals surface area (Å²) in [6.07, 6.45) is 4.37. The maximum Gasteiger partial charge on any atom is 0.407 e. The SMILES string of the molecule is Cc1nc(N)ncc1-c1cccc(C[C@H](NC(=O)C2CCC(CNC(=O)OC(C)(C)C)CC2)C(=O)Nc2ccc(-c3nn[nH]n3)cc2)c1. The van der Waals surface area contributed by atoms with Crippen LogP contribution < -0.4 is 21.7 Å². The molecule has 0 aliphatic heterocycles. The van der Waals surface area contributed by atoms with Crippen LogP contribution in [0.15, 0.2) is 54.7 Å². The van der Waals surface area contributed by atoms with Gasteiger partial charge in [-0.05, 0) is 99.9 Å². The van der Waals surface area contributed by atoms with E-state index in [-0.39, 0.29) is 36.0 Å². The summed E-state index contributed by atoms with van der Waals surface area (Å²) in [7, 11) is 0. The third-order valence-electron chi connectivity index (χ3n) is 8.22. The van der Waals surface area contributed by atoms with E-state index in [1.165, 1.54) is 0 Å². The van der Waals surface area contributed by atoms with Gasteiger partial charge < -0.3 is 26.4 Å². The number of benzene rings is 2. The summed E-state index contributed by atoms with van der Waals surface area (Å²) in [6.45, 7) is 7.83. The van der Waals surface area contributed by atoms with E-state index >= 15 is 0 Å². The highest BCUT2D eigenvalue weighted by Gasteiger charge is 2.30. The summed E-state index contributed by atoms with van der Waals surface area (Å²) in [6, 6.07) is 14.0. The van der Waals surface area contributed by atoms with E-state index in [0.717, 1.165) is 40.8 Å². The van der Waals surface area contributed by atoms with Crippen molar-refractivity contribution < 1.29 is 19.1 Å². The first kappa shape index (κ1) is 33.9. The zero-order valence-corrected chi connectivity index (χ0v) is 27.6. The molecule has 0 radical (unpaired) electrons. The van der Waals surface area contributed by atoms with Crippen LogP contribution in [0.4, 0.5) is 16.4 Å². The molecular formula is C34H42N10O4. The van der Waals surface area contributed by atoms with Crippen LogP contribution in [0, 0.1) is 18.8 Å². The molecule has 1 aliphatic rings. The lowest BCUT2D eigenvalue weighted by molar-refractivity contribution is -0.130. The van der Waals surface area contributed by atoms with E-state index < -0.39 is 17.7 Å². The number of nitrogens with zero attached hydrogens (tertiary/aromatic N) is 5. The molecule has 0 bridgehead atoms. The van der Waals surface area contributed by atoms with Gasteiger partial charge >= 0.3 is 6.09 Å². The van der Waals surface area contributed by atoms with Crippen LogP contribution >= 0.6 is 0 Å². The molecule has 48 heavy (non-hydrogen) atoms. The number of rotatable bonds is 10. The van der Waals surface area contributed by atoms with Crippen molar-refractivity contribution in [1.82, 2.24) is 41.2 Å². The van der Waals surface area contributed by atoms with Gasteiger partial charge in [-0.25, -0.2) is 14.8 Å². The summed E-state index contributed by atoms with van der Waals surface area (Å²) in [5.74, 6) is 0.136. The topological polar surface area (TPSA) is 203 Å². The van der Waals surface area contributed by atoms with Crippen molar-refractivity contribution in [3.63, 3.8) is 0 Å². The molecule has 0 unspecified atom stereocenters. The maximum atomic E-state index is 13.7. The van der Waals surface area contributed by atoms with Gasteiger partial charge in [-0.2, -0.15) is 5.21 Å². The van der Waals surface area contributed by atoms with Gasteiger partial charge in [0.05, 0.1) is 5.69 Å². The summed E-state index contributed by atoms with van der Waals surface area (Å²) >= 11 is 0. The molecule has 252 valence electrons. The Hall–Kier alpha value is -5.40. The predicted octanol–water partition coefficient (Wildman–Crippen LogP) is 4.21. The fourth-order valence-corrected chi connectivity index (χ4v) is 5.76. The Morgan fingerprint density at radius 1 is 1.04 bits per heavy atom. The van der Waals surface area contributed by atoms with Crippen molar-refractivity contribution in [2.24, 2.45) is 11.8 Å². The molecule has 14 nitrogen and oxygen atoms in total. The second-order valence-electron chi connectivity index (χ2n) is 13.1. The van der Waals surface area contributed by atoms with Crippen LogP contribution in [0.2, 0.25) is 0 Å². The monoisotopic (exact) mass is 654 g/mol. The van der Waals surface area contributed by atoms with Crippen LogP contribution in [0.3, 0.4) is 0 Å². The average molecular weight is 655 g/mol. The fraction of sp³-hybridized carbons (Fsp3) is 0.412. The lowest BCUT2D eigenvalue weighted by Crippen LogP contribution is -2.48. The number of aromatic nitrogens is 6. The summed E-state index contributed by atoms with van der Waals surface area (Å²) in [5, 5.41) is 22.8. The van der Waals surface area contributed by atoms with Crippen molar-refractivity contribution >= 4 is 29.5 Å². The fourth-order valence-electron chi connectivity index (χ4n) is 5.76. The molecule has 2 heterocycles. The standard InChI is InChI=1S/C34H42N10O4/c1-20-27(19-36-32(35)38-20)25-7-5-6-22(16-25)17-28(31(46)39-26-14-12-23(13-15-26)29-41-43-44-42-29)40-30(45)24-10-8-21(9-11-24)18-37-33(47)48-34(2,3)4/h5-7,12-16,19,21,24,28H,8-11,17-18H2,1-4H3,(H,37,47)(H,39,46)(H,40,45)(H2,35,36,38)(H,41,42,43,44)/t21?,24?,28-/m0/s1. The molecule has 0 saturated heterocycles. The van der Waals surface area contributed by atoms with Crippen molar-refractivity contribution in [2.75, 3.05) is 17.6 Å². The van der Waals surface area contributed by atoms with Gasteiger partial charge in [0.2, 0.25) is 23.6 Å². The van der Waals surface area contributed by atoms with Crippen molar-refractivity contribution in [3.8, 4) is 22.5 Å². The van der Waals surface area contributed by atoms with E-state index in [9.17, 15) is 14.4 Å². The number of anilines is 2. The Morgan fingerprint density at radius 2 is 1.79 bits per heavy atom. The number of H-pyrrole nitrogens is 1. The van der Waals surface area contributed by atoms with Gasteiger partial charge in [0.1, 0.15) is 11.6 Å². The minimum Gasteiger partial charge on any atom is -0.444 e. The average Bonchev–Trinajstić information content (AvgIpc) is 3.59.